The molecule has 2 atom stereocenters. The number of nitrogens with one attached hydrogen (secondary N) is 1. The molecule has 6 heteroatoms. The molecule has 1 heterocycles. The van der Waals surface area contributed by atoms with Gasteiger partial charge in [0.2, 0.25) is 5.91 Å². The predicted octanol–water partition coefficient (Wildman–Crippen LogP) is -0.973. The first kappa shape index (κ1) is 11.5. The van der Waals surface area contributed by atoms with Crippen molar-refractivity contribution in [1.29, 1.82) is 0 Å². The van der Waals surface area contributed by atoms with E-state index in [2.05, 4.69) is 5.32 Å². The minimum Gasteiger partial charge on any atom is -0.353 e. The number of nitrogens with two attached hydrogens (primary N) is 1. The molecule has 5 nitrogen and oxygen atoms in total. The number of rotatable bonds is 3. The third-order valence-corrected chi connectivity index (χ3v) is 4.66. The highest BCUT2D eigenvalue weighted by Crippen LogP contribution is 2.18. The highest BCUT2D eigenvalue weighted by atomic mass is 32.2. The van der Waals surface area contributed by atoms with E-state index in [9.17, 15) is 13.2 Å². The van der Waals surface area contributed by atoms with Gasteiger partial charge in [-0.15, -0.1) is 0 Å². The van der Waals surface area contributed by atoms with E-state index >= 15 is 0 Å². The Morgan fingerprint density at radius 1 is 1.64 bits per heavy atom. The van der Waals surface area contributed by atoms with Crippen LogP contribution >= 0.6 is 0 Å². The van der Waals surface area contributed by atoms with Crippen LogP contribution < -0.4 is 11.1 Å². The number of hydrogen-bond acceptors (Lipinski definition) is 4. The topological polar surface area (TPSA) is 89.3 Å². The van der Waals surface area contributed by atoms with Crippen molar-refractivity contribution in [2.24, 2.45) is 5.73 Å². The summed E-state index contributed by atoms with van der Waals surface area (Å²) >= 11 is 0. The van der Waals surface area contributed by atoms with Crippen LogP contribution in [0.1, 0.15) is 19.8 Å². The summed E-state index contributed by atoms with van der Waals surface area (Å²) in [7, 11) is -2.96. The fourth-order valence-electron chi connectivity index (χ4n) is 1.46. The van der Waals surface area contributed by atoms with Crippen LogP contribution in [0.5, 0.6) is 0 Å². The molecule has 1 rings (SSSR count). The second kappa shape index (κ2) is 4.27. The molecule has 14 heavy (non-hydrogen) atoms. The van der Waals surface area contributed by atoms with Gasteiger partial charge >= 0.3 is 0 Å². The number of sulfone groups is 1. The van der Waals surface area contributed by atoms with E-state index in [0.717, 1.165) is 0 Å². The molecule has 1 aliphatic rings. The molecule has 0 bridgehead atoms. The summed E-state index contributed by atoms with van der Waals surface area (Å²) < 4.78 is 22.7. The van der Waals surface area contributed by atoms with Crippen molar-refractivity contribution in [3.05, 3.63) is 0 Å². The van der Waals surface area contributed by atoms with Crippen molar-refractivity contribution >= 4 is 15.7 Å². The third-order valence-electron chi connectivity index (χ3n) is 2.38. The summed E-state index contributed by atoms with van der Waals surface area (Å²) in [6.07, 6.45) is 1.34. The van der Waals surface area contributed by atoms with Gasteiger partial charge in [0.15, 0.2) is 9.84 Å². The smallest absolute Gasteiger partial charge is 0.236 e. The van der Waals surface area contributed by atoms with Crippen LogP contribution in [0.4, 0.5) is 0 Å². The van der Waals surface area contributed by atoms with Gasteiger partial charge in [-0.05, 0) is 19.8 Å². The van der Waals surface area contributed by atoms with Gasteiger partial charge < -0.3 is 11.1 Å². The minimum atomic E-state index is -2.96. The molecule has 82 valence electrons. The lowest BCUT2D eigenvalue weighted by atomic mass is 10.2. The molecule has 1 amide bonds. The minimum absolute atomic E-state index is 0.197. The highest BCUT2D eigenvalue weighted by Gasteiger charge is 2.31. The largest absolute Gasteiger partial charge is 0.353 e. The van der Waals surface area contributed by atoms with Crippen molar-refractivity contribution in [2.45, 2.75) is 31.1 Å². The maximum Gasteiger partial charge on any atom is 0.236 e. The first-order chi connectivity index (χ1) is 6.43. The second-order valence-corrected chi connectivity index (χ2v) is 6.07. The van der Waals surface area contributed by atoms with Gasteiger partial charge in [-0.3, -0.25) is 4.79 Å². The standard InChI is InChI=1S/C8H16N2O3S/c1-6(9)8(11)10-5-7-3-2-4-14(7,12)13/h6-7H,2-5,9H2,1H3,(H,10,11). The Morgan fingerprint density at radius 2 is 2.29 bits per heavy atom. The van der Waals surface area contributed by atoms with Crippen molar-refractivity contribution in [1.82, 2.24) is 5.32 Å². The Kier molecular flexibility index (Phi) is 3.49. The molecule has 0 radical (unpaired) electrons. The quantitative estimate of drug-likeness (QED) is 0.640. The predicted molar refractivity (Wildman–Crippen MR) is 53.5 cm³/mol. The molecular formula is C8H16N2O3S. The Labute approximate surface area is 84.0 Å². The van der Waals surface area contributed by atoms with E-state index in [0.29, 0.717) is 12.8 Å². The van der Waals surface area contributed by atoms with Gasteiger partial charge in [-0.2, -0.15) is 0 Å². The first-order valence-electron chi connectivity index (χ1n) is 4.68. The SMILES string of the molecule is CC(N)C(=O)NCC1CCCS1(=O)=O. The Hall–Kier alpha value is -0.620. The third kappa shape index (κ3) is 2.68. The average molecular weight is 220 g/mol. The maximum atomic E-state index is 11.4. The van der Waals surface area contributed by atoms with Gasteiger partial charge in [0.05, 0.1) is 17.0 Å². The molecule has 0 aromatic rings. The van der Waals surface area contributed by atoms with Crippen molar-refractivity contribution in [3.63, 3.8) is 0 Å². The monoisotopic (exact) mass is 220 g/mol. The van der Waals surface area contributed by atoms with E-state index in [4.69, 9.17) is 5.73 Å². The summed E-state index contributed by atoms with van der Waals surface area (Å²) in [5.74, 6) is -0.0572. The molecule has 0 aromatic heterocycles. The lowest BCUT2D eigenvalue weighted by Crippen LogP contribution is -2.42. The van der Waals surface area contributed by atoms with Crippen LogP contribution in [0.25, 0.3) is 0 Å². The van der Waals surface area contributed by atoms with Crippen molar-refractivity contribution in [3.8, 4) is 0 Å². The Bertz CT molecular complexity index is 311. The van der Waals surface area contributed by atoms with E-state index in [1.54, 1.807) is 6.92 Å². The van der Waals surface area contributed by atoms with Crippen LogP contribution in [0.2, 0.25) is 0 Å². The summed E-state index contributed by atoms with van der Waals surface area (Å²) in [5, 5.41) is 2.12. The normalized spacial score (nSPS) is 27.1. The molecule has 0 saturated carbocycles. The van der Waals surface area contributed by atoms with Gasteiger partial charge in [-0.1, -0.05) is 0 Å². The number of carbonyl (C=O) groups is 1. The molecule has 1 saturated heterocycles. The Morgan fingerprint density at radius 3 is 2.71 bits per heavy atom. The zero-order chi connectivity index (χ0) is 10.8. The lowest BCUT2D eigenvalue weighted by molar-refractivity contribution is -0.121. The first-order valence-corrected chi connectivity index (χ1v) is 6.40. The fraction of sp³-hybridized carbons (Fsp3) is 0.875. The van der Waals surface area contributed by atoms with E-state index in [-0.39, 0.29) is 18.2 Å². The number of amides is 1. The molecule has 1 fully saturated rings. The summed E-state index contributed by atoms with van der Waals surface area (Å²) in [6.45, 7) is 1.77. The van der Waals surface area contributed by atoms with Crippen molar-refractivity contribution < 1.29 is 13.2 Å². The van der Waals surface area contributed by atoms with E-state index in [1.165, 1.54) is 0 Å². The average Bonchev–Trinajstić information content (AvgIpc) is 2.40. The highest BCUT2D eigenvalue weighted by molar-refractivity contribution is 7.92. The van der Waals surface area contributed by atoms with E-state index < -0.39 is 21.1 Å². The van der Waals surface area contributed by atoms with Gasteiger partial charge in [0.25, 0.3) is 0 Å². The number of hydrogen-bond donors (Lipinski definition) is 2. The molecule has 3 N–H and O–H groups in total. The van der Waals surface area contributed by atoms with Crippen molar-refractivity contribution in [2.75, 3.05) is 12.3 Å². The van der Waals surface area contributed by atoms with Crippen LogP contribution in [-0.2, 0) is 14.6 Å². The molecule has 2 unspecified atom stereocenters. The van der Waals surface area contributed by atoms with Crippen LogP contribution in [0, 0.1) is 0 Å². The van der Waals surface area contributed by atoms with E-state index in [1.807, 2.05) is 0 Å². The molecule has 0 spiro atoms. The number of carbonyl (C=O) groups excluding carboxylic acids is 1. The molecule has 1 aliphatic heterocycles. The zero-order valence-electron chi connectivity index (χ0n) is 8.19. The van der Waals surface area contributed by atoms with Gasteiger partial charge in [0, 0.05) is 6.54 Å². The molecule has 0 aromatic carbocycles. The molecule has 0 aliphatic carbocycles. The maximum absolute atomic E-state index is 11.4. The van der Waals surface area contributed by atoms with Crippen LogP contribution in [-0.4, -0.2) is 37.9 Å². The summed E-state index contributed by atoms with van der Waals surface area (Å²) in [6, 6.07) is -0.584. The van der Waals surface area contributed by atoms with Gasteiger partial charge in [-0.25, -0.2) is 8.42 Å². The fourth-order valence-corrected chi connectivity index (χ4v) is 3.23. The summed E-state index contributed by atoms with van der Waals surface area (Å²) in [5.41, 5.74) is 5.33. The zero-order valence-corrected chi connectivity index (χ0v) is 9.01. The van der Waals surface area contributed by atoms with Gasteiger partial charge in [0.1, 0.15) is 0 Å². The second-order valence-electron chi connectivity index (χ2n) is 3.67. The summed E-state index contributed by atoms with van der Waals surface area (Å²) in [4.78, 5) is 11.1. The Balaban J connectivity index is 2.43. The van der Waals surface area contributed by atoms with Crippen LogP contribution in [0.3, 0.4) is 0 Å². The molecular weight excluding hydrogens is 204 g/mol. The lowest BCUT2D eigenvalue weighted by Gasteiger charge is -2.12. The van der Waals surface area contributed by atoms with Crippen LogP contribution in [0.15, 0.2) is 0 Å².